The minimum absolute atomic E-state index is 0.507. The summed E-state index contributed by atoms with van der Waals surface area (Å²) < 4.78 is 0. The summed E-state index contributed by atoms with van der Waals surface area (Å²) >= 11 is 0. The van der Waals surface area contributed by atoms with Crippen LogP contribution in [-0.2, 0) is 0 Å². The number of hydrogen-bond acceptors (Lipinski definition) is 4. The van der Waals surface area contributed by atoms with Gasteiger partial charge < -0.3 is 10.6 Å². The van der Waals surface area contributed by atoms with Crippen molar-refractivity contribution < 1.29 is 0 Å². The molecule has 0 saturated heterocycles. The van der Waals surface area contributed by atoms with Gasteiger partial charge in [0.15, 0.2) is 11.6 Å². The summed E-state index contributed by atoms with van der Waals surface area (Å²) in [7, 11) is 2.02. The molecule has 0 unspecified atom stereocenters. The Labute approximate surface area is 108 Å². The summed E-state index contributed by atoms with van der Waals surface area (Å²) in [6.45, 7) is 3.16. The smallest absolute Gasteiger partial charge is 0.171 e. The first-order valence-corrected chi connectivity index (χ1v) is 6.45. The van der Waals surface area contributed by atoms with Gasteiger partial charge in [0, 0.05) is 13.6 Å². The van der Waals surface area contributed by atoms with Gasteiger partial charge in [0.05, 0.1) is 11.0 Å². The highest BCUT2D eigenvalue weighted by Gasteiger charge is 2.09. The Kier molecular flexibility index (Phi) is 3.97. The van der Waals surface area contributed by atoms with Crippen LogP contribution in [0.5, 0.6) is 0 Å². The molecule has 0 aliphatic rings. The van der Waals surface area contributed by atoms with Gasteiger partial charge in [0.2, 0.25) is 0 Å². The summed E-state index contributed by atoms with van der Waals surface area (Å²) in [4.78, 5) is 11.1. The van der Waals surface area contributed by atoms with Gasteiger partial charge in [-0.15, -0.1) is 0 Å². The maximum atomic E-state index is 5.98. The fraction of sp³-hybridized carbons (Fsp3) is 0.429. The molecule has 0 atom stereocenters. The molecule has 2 rings (SSSR count). The third kappa shape index (κ3) is 2.70. The number of aromatic nitrogens is 2. The van der Waals surface area contributed by atoms with Crippen LogP contribution in [0.4, 0.5) is 11.6 Å². The zero-order chi connectivity index (χ0) is 13.0. The monoisotopic (exact) mass is 244 g/mol. The molecular formula is C14H20N4. The zero-order valence-corrected chi connectivity index (χ0v) is 11.1. The third-order valence-corrected chi connectivity index (χ3v) is 3.04. The highest BCUT2D eigenvalue weighted by molar-refractivity contribution is 5.79. The number of unbranched alkanes of at least 4 members (excludes halogenated alkanes) is 2. The van der Waals surface area contributed by atoms with E-state index in [0.717, 1.165) is 29.8 Å². The largest absolute Gasteiger partial charge is 0.381 e. The Balaban J connectivity index is 2.24. The molecule has 1 heterocycles. The summed E-state index contributed by atoms with van der Waals surface area (Å²) in [5.74, 6) is 1.29. The zero-order valence-electron chi connectivity index (χ0n) is 11.1. The van der Waals surface area contributed by atoms with Crippen LogP contribution in [0.3, 0.4) is 0 Å². The van der Waals surface area contributed by atoms with E-state index >= 15 is 0 Å². The Morgan fingerprint density at radius 3 is 2.44 bits per heavy atom. The predicted octanol–water partition coefficient (Wildman–Crippen LogP) is 2.84. The standard InChI is InChI=1S/C14H20N4/c1-3-4-7-10-18(2)14-13(15)16-11-8-5-6-9-12(11)17-14/h5-6,8-9H,3-4,7,10H2,1-2H3,(H2,15,16). The van der Waals surface area contributed by atoms with Crippen LogP contribution in [0.1, 0.15) is 26.2 Å². The number of benzene rings is 1. The third-order valence-electron chi connectivity index (χ3n) is 3.04. The Morgan fingerprint density at radius 1 is 1.11 bits per heavy atom. The van der Waals surface area contributed by atoms with E-state index in [-0.39, 0.29) is 0 Å². The second-order valence-electron chi connectivity index (χ2n) is 4.55. The van der Waals surface area contributed by atoms with Crippen molar-refractivity contribution >= 4 is 22.7 Å². The van der Waals surface area contributed by atoms with E-state index in [0.29, 0.717) is 5.82 Å². The van der Waals surface area contributed by atoms with Gasteiger partial charge >= 0.3 is 0 Å². The molecule has 96 valence electrons. The van der Waals surface area contributed by atoms with Gasteiger partial charge in [-0.05, 0) is 18.6 Å². The molecule has 18 heavy (non-hydrogen) atoms. The minimum atomic E-state index is 0.507. The molecule has 0 radical (unpaired) electrons. The Bertz CT molecular complexity index is 524. The molecule has 1 aromatic heterocycles. The average molecular weight is 244 g/mol. The van der Waals surface area contributed by atoms with Gasteiger partial charge in [-0.2, -0.15) is 0 Å². The topological polar surface area (TPSA) is 55.0 Å². The van der Waals surface area contributed by atoms with Crippen LogP contribution in [0.2, 0.25) is 0 Å². The van der Waals surface area contributed by atoms with E-state index in [1.807, 2.05) is 31.3 Å². The quantitative estimate of drug-likeness (QED) is 0.822. The molecule has 0 aliphatic carbocycles. The predicted molar refractivity (Wildman–Crippen MR) is 76.7 cm³/mol. The molecule has 2 aromatic rings. The first-order valence-electron chi connectivity index (χ1n) is 6.45. The number of nitrogens with two attached hydrogens (primary N) is 1. The molecule has 4 nitrogen and oxygen atoms in total. The number of hydrogen-bond donors (Lipinski definition) is 1. The van der Waals surface area contributed by atoms with E-state index in [2.05, 4.69) is 21.8 Å². The lowest BCUT2D eigenvalue weighted by Crippen LogP contribution is -2.21. The molecular weight excluding hydrogens is 224 g/mol. The Hall–Kier alpha value is -1.84. The van der Waals surface area contributed by atoms with Crippen molar-refractivity contribution in [3.8, 4) is 0 Å². The molecule has 2 N–H and O–H groups in total. The second kappa shape index (κ2) is 5.67. The molecule has 1 aromatic carbocycles. The molecule has 0 fully saturated rings. The van der Waals surface area contributed by atoms with Gasteiger partial charge in [0.1, 0.15) is 0 Å². The highest BCUT2D eigenvalue weighted by Crippen LogP contribution is 2.21. The summed E-state index contributed by atoms with van der Waals surface area (Å²) in [5, 5.41) is 0. The maximum Gasteiger partial charge on any atom is 0.171 e. The normalized spacial score (nSPS) is 10.8. The number of para-hydroxylation sites is 2. The average Bonchev–Trinajstić information content (AvgIpc) is 2.38. The van der Waals surface area contributed by atoms with Crippen LogP contribution < -0.4 is 10.6 Å². The number of nitrogens with zero attached hydrogens (tertiary/aromatic N) is 3. The van der Waals surface area contributed by atoms with Crippen molar-refractivity contribution in [1.29, 1.82) is 0 Å². The van der Waals surface area contributed by atoms with Gasteiger partial charge in [0.25, 0.3) is 0 Å². The van der Waals surface area contributed by atoms with Crippen molar-refractivity contribution in [2.24, 2.45) is 0 Å². The van der Waals surface area contributed by atoms with Crippen molar-refractivity contribution in [3.05, 3.63) is 24.3 Å². The van der Waals surface area contributed by atoms with Crippen LogP contribution in [-0.4, -0.2) is 23.6 Å². The van der Waals surface area contributed by atoms with Gasteiger partial charge in [-0.3, -0.25) is 0 Å². The number of fused-ring (bicyclic) bond motifs is 1. The summed E-state index contributed by atoms with van der Waals surface area (Å²) in [6, 6.07) is 7.81. The molecule has 0 spiro atoms. The molecule has 0 aliphatic heterocycles. The number of nitrogen functional groups attached to an aromatic ring is 1. The summed E-state index contributed by atoms with van der Waals surface area (Å²) in [5.41, 5.74) is 7.72. The first-order chi connectivity index (χ1) is 8.72. The van der Waals surface area contributed by atoms with Crippen LogP contribution in [0.15, 0.2) is 24.3 Å². The van der Waals surface area contributed by atoms with Gasteiger partial charge in [-0.1, -0.05) is 31.9 Å². The number of anilines is 2. The molecule has 4 heteroatoms. The maximum absolute atomic E-state index is 5.98. The van der Waals surface area contributed by atoms with Crippen molar-refractivity contribution in [1.82, 2.24) is 9.97 Å². The second-order valence-corrected chi connectivity index (χ2v) is 4.55. The van der Waals surface area contributed by atoms with Crippen LogP contribution in [0.25, 0.3) is 11.0 Å². The summed E-state index contributed by atoms with van der Waals surface area (Å²) in [6.07, 6.45) is 3.60. The van der Waals surface area contributed by atoms with Crippen molar-refractivity contribution in [2.45, 2.75) is 26.2 Å². The van der Waals surface area contributed by atoms with E-state index in [1.54, 1.807) is 0 Å². The van der Waals surface area contributed by atoms with Crippen molar-refractivity contribution in [3.63, 3.8) is 0 Å². The lowest BCUT2D eigenvalue weighted by atomic mass is 10.2. The van der Waals surface area contributed by atoms with E-state index < -0.39 is 0 Å². The Morgan fingerprint density at radius 2 is 1.78 bits per heavy atom. The van der Waals surface area contributed by atoms with Crippen molar-refractivity contribution in [2.75, 3.05) is 24.2 Å². The van der Waals surface area contributed by atoms with Crippen LogP contribution >= 0.6 is 0 Å². The molecule has 0 saturated carbocycles. The molecule has 0 amide bonds. The van der Waals surface area contributed by atoms with E-state index in [9.17, 15) is 0 Å². The fourth-order valence-electron chi connectivity index (χ4n) is 1.99. The lowest BCUT2D eigenvalue weighted by Gasteiger charge is -2.19. The van der Waals surface area contributed by atoms with Crippen LogP contribution in [0, 0.1) is 0 Å². The SMILES string of the molecule is CCCCCN(C)c1nc2ccccc2nc1N. The minimum Gasteiger partial charge on any atom is -0.381 e. The molecule has 0 bridgehead atoms. The highest BCUT2D eigenvalue weighted by atomic mass is 15.2. The van der Waals surface area contributed by atoms with Gasteiger partial charge in [-0.25, -0.2) is 9.97 Å². The van der Waals surface area contributed by atoms with E-state index in [4.69, 9.17) is 5.73 Å². The fourth-order valence-corrected chi connectivity index (χ4v) is 1.99. The van der Waals surface area contributed by atoms with E-state index in [1.165, 1.54) is 12.8 Å². The first kappa shape index (κ1) is 12.6. The lowest BCUT2D eigenvalue weighted by molar-refractivity contribution is 0.702. The number of rotatable bonds is 5.